The number of halogens is 2. The molecule has 0 bridgehead atoms. The van der Waals surface area contributed by atoms with Crippen LogP contribution in [0.2, 0.25) is 5.02 Å². The number of methoxy groups -OCH3 is 1. The van der Waals surface area contributed by atoms with Crippen molar-refractivity contribution in [3.05, 3.63) is 58.9 Å². The molecule has 0 aliphatic rings. The van der Waals surface area contributed by atoms with Crippen LogP contribution in [0.4, 0.5) is 10.1 Å². The fourth-order valence-electron chi connectivity index (χ4n) is 1.70. The molecule has 5 nitrogen and oxygen atoms in total. The van der Waals surface area contributed by atoms with Crippen molar-refractivity contribution in [2.75, 3.05) is 11.8 Å². The van der Waals surface area contributed by atoms with E-state index in [0.29, 0.717) is 0 Å². The van der Waals surface area contributed by atoms with E-state index >= 15 is 0 Å². The predicted molar refractivity (Wildman–Crippen MR) is 80.0 cm³/mol. The molecule has 116 valence electrons. The van der Waals surface area contributed by atoms with Crippen LogP contribution in [0.25, 0.3) is 0 Å². The molecule has 1 N–H and O–H groups in total. The van der Waals surface area contributed by atoms with Crippen molar-refractivity contribution in [2.45, 2.75) is 4.90 Å². The number of sulfonamides is 1. The van der Waals surface area contributed by atoms with E-state index < -0.39 is 21.8 Å². The summed E-state index contributed by atoms with van der Waals surface area (Å²) >= 11 is 5.84. The van der Waals surface area contributed by atoms with E-state index in [1.54, 1.807) is 0 Å². The third-order valence-corrected chi connectivity index (χ3v) is 4.44. The Morgan fingerprint density at radius 2 is 1.95 bits per heavy atom. The van der Waals surface area contributed by atoms with Gasteiger partial charge in [-0.05, 0) is 36.4 Å². The Labute approximate surface area is 131 Å². The maximum absolute atomic E-state index is 13.1. The number of hydrogen-bond donors (Lipinski definition) is 1. The van der Waals surface area contributed by atoms with Crippen molar-refractivity contribution in [2.24, 2.45) is 0 Å². The molecule has 2 rings (SSSR count). The Hall–Kier alpha value is -2.12. The minimum absolute atomic E-state index is 0.0644. The Balaban J connectivity index is 2.39. The quantitative estimate of drug-likeness (QED) is 0.866. The highest BCUT2D eigenvalue weighted by molar-refractivity contribution is 7.92. The highest BCUT2D eigenvalue weighted by atomic mass is 35.5. The molecule has 22 heavy (non-hydrogen) atoms. The monoisotopic (exact) mass is 343 g/mol. The summed E-state index contributed by atoms with van der Waals surface area (Å²) < 4.78 is 44.4. The minimum atomic E-state index is -3.99. The van der Waals surface area contributed by atoms with Gasteiger partial charge in [0.2, 0.25) is 0 Å². The first-order chi connectivity index (χ1) is 10.3. The molecule has 0 atom stereocenters. The number of carbonyl (C=O) groups is 1. The zero-order valence-corrected chi connectivity index (χ0v) is 12.9. The van der Waals surface area contributed by atoms with E-state index in [4.69, 9.17) is 11.6 Å². The van der Waals surface area contributed by atoms with Gasteiger partial charge >= 0.3 is 5.97 Å². The lowest BCUT2D eigenvalue weighted by Crippen LogP contribution is -2.14. The van der Waals surface area contributed by atoms with E-state index in [1.165, 1.54) is 30.3 Å². The van der Waals surface area contributed by atoms with Crippen LogP contribution in [0.5, 0.6) is 0 Å². The number of ether oxygens (including phenoxy) is 1. The van der Waals surface area contributed by atoms with Gasteiger partial charge in [0.25, 0.3) is 10.0 Å². The average Bonchev–Trinajstić information content (AvgIpc) is 2.46. The average molecular weight is 344 g/mol. The number of carbonyl (C=O) groups excluding carboxylic acids is 1. The number of benzene rings is 2. The van der Waals surface area contributed by atoms with Gasteiger partial charge in [0, 0.05) is 0 Å². The molecule has 0 fully saturated rings. The van der Waals surface area contributed by atoms with Crippen LogP contribution < -0.4 is 4.72 Å². The molecule has 2 aromatic carbocycles. The van der Waals surface area contributed by atoms with Crippen LogP contribution in [0.1, 0.15) is 10.4 Å². The smallest absolute Gasteiger partial charge is 0.339 e. The molecule has 0 aromatic heterocycles. The number of rotatable bonds is 4. The van der Waals surface area contributed by atoms with Crippen LogP contribution in [-0.2, 0) is 14.8 Å². The van der Waals surface area contributed by atoms with Crippen molar-refractivity contribution in [3.8, 4) is 0 Å². The van der Waals surface area contributed by atoms with Crippen LogP contribution >= 0.6 is 11.6 Å². The lowest BCUT2D eigenvalue weighted by molar-refractivity contribution is 0.0600. The molecule has 0 unspecified atom stereocenters. The van der Waals surface area contributed by atoms with Gasteiger partial charge in [-0.1, -0.05) is 17.7 Å². The number of hydrogen-bond acceptors (Lipinski definition) is 4. The van der Waals surface area contributed by atoms with E-state index in [-0.39, 0.29) is 21.2 Å². The number of anilines is 1. The molecule has 0 saturated carbocycles. The third-order valence-electron chi connectivity index (χ3n) is 2.73. The summed E-state index contributed by atoms with van der Waals surface area (Å²) in [6.07, 6.45) is 0. The van der Waals surface area contributed by atoms with Gasteiger partial charge in [-0.25, -0.2) is 17.6 Å². The fraction of sp³-hybridized carbons (Fsp3) is 0.0714. The summed E-state index contributed by atoms with van der Waals surface area (Å²) in [6, 6.07) is 8.59. The third kappa shape index (κ3) is 3.55. The summed E-state index contributed by atoms with van der Waals surface area (Å²) in [7, 11) is -2.84. The fourth-order valence-corrected chi connectivity index (χ4v) is 2.97. The zero-order chi connectivity index (χ0) is 16.3. The van der Waals surface area contributed by atoms with Gasteiger partial charge in [0.1, 0.15) is 5.82 Å². The zero-order valence-electron chi connectivity index (χ0n) is 11.3. The number of nitrogens with one attached hydrogen (secondary N) is 1. The Morgan fingerprint density at radius 1 is 1.23 bits per heavy atom. The van der Waals surface area contributed by atoms with E-state index in [2.05, 4.69) is 9.46 Å². The van der Waals surface area contributed by atoms with E-state index in [1.807, 2.05) is 0 Å². The summed E-state index contributed by atoms with van der Waals surface area (Å²) in [6.45, 7) is 0. The lowest BCUT2D eigenvalue weighted by Gasteiger charge is -2.10. The molecular weight excluding hydrogens is 333 g/mol. The standard InChI is InChI=1S/C14H11ClFNO4S/c1-21-14(18)12-8-11(5-6-13(12)15)22(19,20)17-10-4-2-3-9(16)7-10/h2-8,17H,1H3. The SMILES string of the molecule is COC(=O)c1cc(S(=O)(=O)Nc2cccc(F)c2)ccc1Cl. The van der Waals surface area contributed by atoms with Crippen LogP contribution in [-0.4, -0.2) is 21.5 Å². The van der Waals surface area contributed by atoms with Crippen molar-refractivity contribution in [3.63, 3.8) is 0 Å². The van der Waals surface area contributed by atoms with Crippen molar-refractivity contribution < 1.29 is 22.3 Å². The summed E-state index contributed by atoms with van der Waals surface area (Å²) in [4.78, 5) is 11.4. The summed E-state index contributed by atoms with van der Waals surface area (Å²) in [5, 5.41) is 0.0663. The molecular formula is C14H11ClFNO4S. The van der Waals surface area contributed by atoms with Gasteiger partial charge in [-0.15, -0.1) is 0 Å². The van der Waals surface area contributed by atoms with Gasteiger partial charge in [0.05, 0.1) is 28.3 Å². The van der Waals surface area contributed by atoms with Crippen molar-refractivity contribution >= 4 is 33.3 Å². The molecule has 2 aromatic rings. The Kier molecular flexibility index (Phi) is 4.68. The topological polar surface area (TPSA) is 72.5 Å². The molecule has 0 radical (unpaired) electrons. The molecule has 8 heteroatoms. The summed E-state index contributed by atoms with van der Waals surface area (Å²) in [5.41, 5.74) is -0.0131. The second-order valence-corrected chi connectivity index (χ2v) is 6.34. The van der Waals surface area contributed by atoms with Gasteiger partial charge in [-0.3, -0.25) is 4.72 Å². The van der Waals surface area contributed by atoms with Crippen LogP contribution in [0.3, 0.4) is 0 Å². The molecule has 0 saturated heterocycles. The molecule has 0 aliphatic heterocycles. The molecule has 0 heterocycles. The normalized spacial score (nSPS) is 11.0. The van der Waals surface area contributed by atoms with Gasteiger partial charge < -0.3 is 4.74 Å². The first kappa shape index (κ1) is 16.3. The van der Waals surface area contributed by atoms with Gasteiger partial charge in [-0.2, -0.15) is 0 Å². The second-order valence-electron chi connectivity index (χ2n) is 4.25. The van der Waals surface area contributed by atoms with Gasteiger partial charge in [0.15, 0.2) is 0 Å². The van der Waals surface area contributed by atoms with E-state index in [0.717, 1.165) is 19.2 Å². The van der Waals surface area contributed by atoms with Crippen molar-refractivity contribution in [1.82, 2.24) is 0 Å². The predicted octanol–water partition coefficient (Wildman–Crippen LogP) is 3.07. The van der Waals surface area contributed by atoms with Crippen molar-refractivity contribution in [1.29, 1.82) is 0 Å². The Bertz CT molecular complexity index is 823. The highest BCUT2D eigenvalue weighted by Gasteiger charge is 2.19. The maximum Gasteiger partial charge on any atom is 0.339 e. The highest BCUT2D eigenvalue weighted by Crippen LogP contribution is 2.23. The largest absolute Gasteiger partial charge is 0.465 e. The number of esters is 1. The molecule has 0 spiro atoms. The molecule has 0 aliphatic carbocycles. The van der Waals surface area contributed by atoms with Crippen LogP contribution in [0.15, 0.2) is 47.4 Å². The Morgan fingerprint density at radius 3 is 2.59 bits per heavy atom. The van der Waals surface area contributed by atoms with Crippen LogP contribution in [0, 0.1) is 5.82 Å². The maximum atomic E-state index is 13.1. The second kappa shape index (κ2) is 6.33. The summed E-state index contributed by atoms with van der Waals surface area (Å²) in [5.74, 6) is -1.33. The van der Waals surface area contributed by atoms with E-state index in [9.17, 15) is 17.6 Å². The molecule has 0 amide bonds. The minimum Gasteiger partial charge on any atom is -0.465 e. The first-order valence-corrected chi connectivity index (χ1v) is 7.86. The lowest BCUT2D eigenvalue weighted by atomic mass is 10.2. The first-order valence-electron chi connectivity index (χ1n) is 6.00.